The molecule has 0 heterocycles. The van der Waals surface area contributed by atoms with E-state index in [1.165, 1.54) is 26.0 Å². The number of rotatable bonds is 5. The highest BCUT2D eigenvalue weighted by atomic mass is 16.6. The van der Waals surface area contributed by atoms with Gasteiger partial charge in [0.2, 0.25) is 0 Å². The number of Topliss-reactive ketones (excluding diaryl/α,β-unsaturated/α-hetero) is 2. The summed E-state index contributed by atoms with van der Waals surface area (Å²) >= 11 is 0. The van der Waals surface area contributed by atoms with Crippen molar-refractivity contribution in [2.75, 3.05) is 0 Å². The van der Waals surface area contributed by atoms with Crippen molar-refractivity contribution in [2.45, 2.75) is 111 Å². The molecule has 0 aromatic rings. The Bertz CT molecular complexity index is 1210. The van der Waals surface area contributed by atoms with Gasteiger partial charge in [0.1, 0.15) is 23.1 Å². The van der Waals surface area contributed by atoms with E-state index in [1.807, 2.05) is 27.7 Å². The molecule has 0 bridgehead atoms. The van der Waals surface area contributed by atoms with Gasteiger partial charge in [0.25, 0.3) is 0 Å². The zero-order valence-corrected chi connectivity index (χ0v) is 25.3. The van der Waals surface area contributed by atoms with E-state index < -0.39 is 62.7 Å². The number of aliphatic hydroxyl groups is 3. The Morgan fingerprint density at radius 1 is 1.05 bits per heavy atom. The Kier molecular flexibility index (Phi) is 7.06. The summed E-state index contributed by atoms with van der Waals surface area (Å²) in [6.07, 6.45) is 3.50. The number of esters is 1. The first-order valence-electron chi connectivity index (χ1n) is 14.4. The fraction of sp³-hybridized carbons (Fsp3) is 0.750. The Balaban J connectivity index is 1.75. The molecule has 3 saturated carbocycles. The van der Waals surface area contributed by atoms with Crippen molar-refractivity contribution in [1.29, 1.82) is 0 Å². The number of carbonyl (C=O) groups is 4. The van der Waals surface area contributed by atoms with Gasteiger partial charge in [-0.05, 0) is 68.4 Å². The third kappa shape index (κ3) is 4.11. The van der Waals surface area contributed by atoms with Crippen molar-refractivity contribution in [3.8, 4) is 0 Å². The van der Waals surface area contributed by atoms with Gasteiger partial charge in [-0.25, -0.2) is 0 Å². The molecular weight excluding hydrogens is 512 g/mol. The van der Waals surface area contributed by atoms with E-state index in [0.717, 1.165) is 5.57 Å². The molecule has 0 aromatic heterocycles. The van der Waals surface area contributed by atoms with Gasteiger partial charge in [-0.15, -0.1) is 0 Å². The highest BCUT2D eigenvalue weighted by Gasteiger charge is 2.74. The van der Waals surface area contributed by atoms with Gasteiger partial charge < -0.3 is 20.1 Å². The maximum Gasteiger partial charge on any atom is 0.303 e. The fourth-order valence-corrected chi connectivity index (χ4v) is 9.35. The molecule has 0 aromatic carbocycles. The third-order valence-corrected chi connectivity index (χ3v) is 11.6. The largest absolute Gasteiger partial charge is 0.456 e. The smallest absolute Gasteiger partial charge is 0.303 e. The molecule has 9 atom stereocenters. The minimum absolute atomic E-state index is 0.0399. The average molecular weight is 559 g/mol. The van der Waals surface area contributed by atoms with E-state index in [0.29, 0.717) is 12.8 Å². The van der Waals surface area contributed by atoms with Gasteiger partial charge in [-0.2, -0.15) is 0 Å². The summed E-state index contributed by atoms with van der Waals surface area (Å²) in [7, 11) is 0. The average Bonchev–Trinajstić information content (AvgIpc) is 3.01. The van der Waals surface area contributed by atoms with Crippen molar-refractivity contribution in [3.05, 3.63) is 23.8 Å². The number of allylic oxidation sites excluding steroid dienone is 1. The number of aliphatic hydroxyl groups excluding tert-OH is 2. The molecule has 8 nitrogen and oxygen atoms in total. The lowest BCUT2D eigenvalue weighted by Crippen LogP contribution is -2.65. The van der Waals surface area contributed by atoms with Crippen LogP contribution in [0.3, 0.4) is 0 Å². The van der Waals surface area contributed by atoms with Crippen LogP contribution in [0.4, 0.5) is 0 Å². The van der Waals surface area contributed by atoms with Crippen LogP contribution in [0.2, 0.25) is 0 Å². The molecule has 0 radical (unpaired) electrons. The second-order valence-corrected chi connectivity index (χ2v) is 14.8. The molecule has 40 heavy (non-hydrogen) atoms. The van der Waals surface area contributed by atoms with Gasteiger partial charge in [0, 0.05) is 36.5 Å². The molecule has 3 fully saturated rings. The van der Waals surface area contributed by atoms with Gasteiger partial charge in [-0.3, -0.25) is 19.2 Å². The van der Waals surface area contributed by atoms with E-state index >= 15 is 0 Å². The van der Waals surface area contributed by atoms with E-state index in [1.54, 1.807) is 13.8 Å². The molecular formula is C32H46O8. The molecule has 0 unspecified atom stereocenters. The molecule has 4 rings (SSSR count). The maximum atomic E-state index is 14.3. The topological polar surface area (TPSA) is 138 Å². The van der Waals surface area contributed by atoms with Crippen LogP contribution in [-0.2, 0) is 23.9 Å². The Hall–Kier alpha value is -2.16. The van der Waals surface area contributed by atoms with Crippen LogP contribution in [0.1, 0.15) is 88.0 Å². The molecule has 4 aliphatic rings. The SMILES string of the molecule is CC(=O)OC(C)(C)C=CC(=O)[C@](C)(O)[C@H]1[C@H](O)C[C@@]2(C)[C@@H]3CC=C4[C@@H](CC(=O)[C@@H](O)C4(C)C)[C@]3(C)C(=O)C[C@]12C. The molecule has 0 aliphatic heterocycles. The monoisotopic (exact) mass is 558 g/mol. The summed E-state index contributed by atoms with van der Waals surface area (Å²) < 4.78 is 5.23. The van der Waals surface area contributed by atoms with E-state index in [-0.39, 0.29) is 36.2 Å². The lowest BCUT2D eigenvalue weighted by molar-refractivity contribution is -0.183. The molecule has 4 aliphatic carbocycles. The zero-order chi connectivity index (χ0) is 30.4. The quantitative estimate of drug-likeness (QED) is 0.265. The molecule has 3 N–H and O–H groups in total. The van der Waals surface area contributed by atoms with Gasteiger partial charge in [-0.1, -0.05) is 46.3 Å². The predicted molar refractivity (Wildman–Crippen MR) is 148 cm³/mol. The molecule has 0 saturated heterocycles. The summed E-state index contributed by atoms with van der Waals surface area (Å²) in [6.45, 7) is 15.5. The number of fused-ring (bicyclic) bond motifs is 5. The van der Waals surface area contributed by atoms with Crippen LogP contribution >= 0.6 is 0 Å². The summed E-state index contributed by atoms with van der Waals surface area (Å²) in [5.41, 5.74) is -5.33. The lowest BCUT2D eigenvalue weighted by Gasteiger charge is -2.64. The standard InChI is InChI=1S/C32H46O8/c1-17(33)40-27(2,3)13-12-23(36)32(9,39)25-21(35)15-29(6)22-11-10-18-19(14-20(34)26(38)28(18,4)5)31(22,8)24(37)16-30(25,29)7/h10,12-13,19,21-22,25-26,35,38-39H,11,14-16H2,1-9H3/t19-,21-,22+,25+,26-,29+,30-,31+,32+/m1/s1. The molecule has 8 heteroatoms. The van der Waals surface area contributed by atoms with Crippen molar-refractivity contribution in [1.82, 2.24) is 0 Å². The first kappa shape index (κ1) is 30.8. The Morgan fingerprint density at radius 2 is 1.65 bits per heavy atom. The number of hydrogen-bond donors (Lipinski definition) is 3. The van der Waals surface area contributed by atoms with Crippen LogP contribution in [0.5, 0.6) is 0 Å². The third-order valence-electron chi connectivity index (χ3n) is 11.6. The summed E-state index contributed by atoms with van der Waals surface area (Å²) in [5.74, 6) is -2.96. The van der Waals surface area contributed by atoms with Crippen LogP contribution in [0.15, 0.2) is 23.8 Å². The first-order chi connectivity index (χ1) is 18.1. The van der Waals surface area contributed by atoms with Crippen LogP contribution < -0.4 is 0 Å². The minimum Gasteiger partial charge on any atom is -0.456 e. The first-order valence-corrected chi connectivity index (χ1v) is 14.4. The molecule has 0 amide bonds. The highest BCUT2D eigenvalue weighted by Crippen LogP contribution is 2.74. The van der Waals surface area contributed by atoms with E-state index in [9.17, 15) is 34.5 Å². The minimum atomic E-state index is -1.99. The van der Waals surface area contributed by atoms with Crippen molar-refractivity contribution in [2.24, 2.45) is 39.4 Å². The summed E-state index contributed by atoms with van der Waals surface area (Å²) in [6, 6.07) is 0. The van der Waals surface area contributed by atoms with Crippen LogP contribution in [0, 0.1) is 39.4 Å². The second-order valence-electron chi connectivity index (χ2n) is 14.8. The van der Waals surface area contributed by atoms with Gasteiger partial charge in [0.05, 0.1) is 6.10 Å². The number of ether oxygens (including phenoxy) is 1. The van der Waals surface area contributed by atoms with E-state index in [4.69, 9.17) is 4.74 Å². The van der Waals surface area contributed by atoms with Crippen molar-refractivity contribution in [3.63, 3.8) is 0 Å². The second kappa shape index (κ2) is 9.17. The van der Waals surface area contributed by atoms with Crippen molar-refractivity contribution >= 4 is 23.3 Å². The van der Waals surface area contributed by atoms with Gasteiger partial charge >= 0.3 is 5.97 Å². The number of ketones is 3. The van der Waals surface area contributed by atoms with E-state index in [2.05, 4.69) is 13.0 Å². The number of hydrogen-bond acceptors (Lipinski definition) is 8. The zero-order valence-electron chi connectivity index (χ0n) is 25.3. The molecule has 222 valence electrons. The molecule has 0 spiro atoms. The summed E-state index contributed by atoms with van der Waals surface area (Å²) in [4.78, 5) is 52.1. The maximum absolute atomic E-state index is 14.3. The lowest BCUT2D eigenvalue weighted by atomic mass is 9.38. The fourth-order valence-electron chi connectivity index (χ4n) is 9.35. The Morgan fingerprint density at radius 3 is 2.23 bits per heavy atom. The normalized spacial score (nSPS) is 42.4. The van der Waals surface area contributed by atoms with Crippen molar-refractivity contribution < 1.29 is 39.2 Å². The predicted octanol–water partition coefficient (Wildman–Crippen LogP) is 3.50. The summed E-state index contributed by atoms with van der Waals surface area (Å²) in [5, 5.41) is 33.9. The highest BCUT2D eigenvalue weighted by molar-refractivity contribution is 5.97. The van der Waals surface area contributed by atoms with Gasteiger partial charge in [0.15, 0.2) is 11.6 Å². The van der Waals surface area contributed by atoms with Crippen LogP contribution in [0.25, 0.3) is 0 Å². The Labute approximate surface area is 237 Å². The number of carbonyl (C=O) groups excluding carboxylic acids is 4. The van der Waals surface area contributed by atoms with Crippen LogP contribution in [-0.4, -0.2) is 62.0 Å².